The first-order valence-corrected chi connectivity index (χ1v) is 5.07. The molecule has 1 rings (SSSR count). The number of hydrogen-bond donors (Lipinski definition) is 1. The quantitative estimate of drug-likeness (QED) is 0.869. The minimum atomic E-state index is -4.41. The van der Waals surface area contributed by atoms with Crippen LogP contribution in [0.15, 0.2) is 10.9 Å². The Balaban J connectivity index is 3.07. The van der Waals surface area contributed by atoms with Gasteiger partial charge in [-0.25, -0.2) is 4.79 Å². The summed E-state index contributed by atoms with van der Waals surface area (Å²) in [5, 5.41) is 0. The number of alkyl halides is 3. The lowest BCUT2D eigenvalue weighted by Crippen LogP contribution is -2.38. The molecule has 4 nitrogen and oxygen atoms in total. The summed E-state index contributed by atoms with van der Waals surface area (Å²) >= 11 is 0. The number of halogens is 3. The molecule has 0 aliphatic heterocycles. The van der Waals surface area contributed by atoms with Gasteiger partial charge in [-0.15, -0.1) is 0 Å². The van der Waals surface area contributed by atoms with Crippen LogP contribution in [0.5, 0.6) is 0 Å². The van der Waals surface area contributed by atoms with Crippen LogP contribution in [0, 0.1) is 19.8 Å². The topological polar surface area (TPSA) is 60.9 Å². The Hall–Kier alpha value is -1.37. The van der Waals surface area contributed by atoms with E-state index < -0.39 is 30.9 Å². The zero-order valence-electron chi connectivity index (χ0n) is 9.58. The van der Waals surface area contributed by atoms with E-state index in [-0.39, 0.29) is 0 Å². The van der Waals surface area contributed by atoms with Gasteiger partial charge in [-0.3, -0.25) is 4.57 Å². The Morgan fingerprint density at radius 3 is 2.47 bits per heavy atom. The smallest absolute Gasteiger partial charge is 0.330 e. The Kier molecular flexibility index (Phi) is 3.92. The van der Waals surface area contributed by atoms with Gasteiger partial charge in [0.15, 0.2) is 0 Å². The largest absolute Gasteiger partial charge is 0.394 e. The van der Waals surface area contributed by atoms with Crippen molar-refractivity contribution in [2.75, 3.05) is 6.54 Å². The summed E-state index contributed by atoms with van der Waals surface area (Å²) in [7, 11) is 0. The maximum absolute atomic E-state index is 12.5. The van der Waals surface area contributed by atoms with Crippen molar-refractivity contribution in [1.29, 1.82) is 0 Å². The highest BCUT2D eigenvalue weighted by atomic mass is 19.4. The molecule has 0 saturated heterocycles. The summed E-state index contributed by atoms with van der Waals surface area (Å²) < 4.78 is 38.6. The van der Waals surface area contributed by atoms with Gasteiger partial charge in [0, 0.05) is 24.5 Å². The van der Waals surface area contributed by atoms with E-state index in [4.69, 9.17) is 5.73 Å². The van der Waals surface area contributed by atoms with Crippen LogP contribution < -0.4 is 11.4 Å². The molecule has 0 fully saturated rings. The molecule has 1 unspecified atom stereocenters. The Bertz CT molecular complexity index is 453. The predicted octanol–water partition coefficient (Wildman–Crippen LogP) is 0.997. The van der Waals surface area contributed by atoms with E-state index >= 15 is 0 Å². The number of rotatable bonds is 3. The van der Waals surface area contributed by atoms with Gasteiger partial charge in [-0.05, 0) is 19.9 Å². The number of hydrogen-bond acceptors (Lipinski definition) is 3. The summed E-state index contributed by atoms with van der Waals surface area (Å²) in [4.78, 5) is 15.1. The van der Waals surface area contributed by atoms with Crippen LogP contribution in [0.25, 0.3) is 0 Å². The van der Waals surface area contributed by atoms with Crippen LogP contribution in [0.4, 0.5) is 13.2 Å². The lowest BCUT2D eigenvalue weighted by molar-refractivity contribution is -0.175. The van der Waals surface area contributed by atoms with E-state index in [1.165, 1.54) is 0 Å². The molecule has 0 aromatic carbocycles. The summed E-state index contributed by atoms with van der Waals surface area (Å²) in [6.45, 7) is 2.14. The van der Waals surface area contributed by atoms with Gasteiger partial charge < -0.3 is 5.73 Å². The normalized spacial score (nSPS) is 13.8. The summed E-state index contributed by atoms with van der Waals surface area (Å²) in [5.74, 6) is -1.73. The van der Waals surface area contributed by atoms with Gasteiger partial charge in [-0.1, -0.05) is 0 Å². The third kappa shape index (κ3) is 3.29. The van der Waals surface area contributed by atoms with Crippen molar-refractivity contribution in [3.05, 3.63) is 27.9 Å². The SMILES string of the molecule is Cc1cc(C)n(CC(CN)C(F)(F)F)c(=O)n1. The molecule has 0 aliphatic carbocycles. The van der Waals surface area contributed by atoms with E-state index in [2.05, 4.69) is 4.98 Å². The first-order valence-electron chi connectivity index (χ1n) is 5.07. The Labute approximate surface area is 96.3 Å². The van der Waals surface area contributed by atoms with Crippen molar-refractivity contribution in [3.8, 4) is 0 Å². The molecule has 1 aromatic rings. The third-order valence-corrected chi connectivity index (χ3v) is 2.50. The zero-order chi connectivity index (χ0) is 13.2. The van der Waals surface area contributed by atoms with Crippen LogP contribution in [-0.4, -0.2) is 22.3 Å². The first-order chi connectivity index (χ1) is 7.75. The van der Waals surface area contributed by atoms with E-state index in [1.807, 2.05) is 0 Å². The average molecular weight is 249 g/mol. The lowest BCUT2D eigenvalue weighted by Gasteiger charge is -2.20. The summed E-state index contributed by atoms with van der Waals surface area (Å²) in [6, 6.07) is 1.56. The Morgan fingerprint density at radius 2 is 2.06 bits per heavy atom. The number of nitrogens with zero attached hydrogens (tertiary/aromatic N) is 2. The highest BCUT2D eigenvalue weighted by Gasteiger charge is 2.39. The second-order valence-electron chi connectivity index (χ2n) is 3.91. The van der Waals surface area contributed by atoms with Crippen LogP contribution in [-0.2, 0) is 6.54 Å². The summed E-state index contributed by atoms with van der Waals surface area (Å²) in [6.07, 6.45) is -4.41. The van der Waals surface area contributed by atoms with Crippen LogP contribution in [0.1, 0.15) is 11.4 Å². The molecular weight excluding hydrogens is 235 g/mol. The zero-order valence-corrected chi connectivity index (χ0v) is 9.58. The van der Waals surface area contributed by atoms with Gasteiger partial charge in [0.1, 0.15) is 0 Å². The van der Waals surface area contributed by atoms with Crippen molar-refractivity contribution < 1.29 is 13.2 Å². The van der Waals surface area contributed by atoms with E-state index in [0.29, 0.717) is 11.4 Å². The van der Waals surface area contributed by atoms with Gasteiger partial charge in [0.05, 0.1) is 5.92 Å². The second-order valence-corrected chi connectivity index (χ2v) is 3.91. The Morgan fingerprint density at radius 1 is 1.47 bits per heavy atom. The van der Waals surface area contributed by atoms with E-state index in [0.717, 1.165) is 4.57 Å². The van der Waals surface area contributed by atoms with E-state index in [1.54, 1.807) is 19.9 Å². The molecule has 96 valence electrons. The minimum Gasteiger partial charge on any atom is -0.330 e. The molecule has 0 radical (unpaired) electrons. The maximum atomic E-state index is 12.5. The van der Waals surface area contributed by atoms with Gasteiger partial charge in [-0.2, -0.15) is 18.2 Å². The molecule has 0 amide bonds. The molecule has 17 heavy (non-hydrogen) atoms. The van der Waals surface area contributed by atoms with Crippen LogP contribution in [0.2, 0.25) is 0 Å². The second kappa shape index (κ2) is 4.87. The molecular formula is C10H14F3N3O. The van der Waals surface area contributed by atoms with Crippen molar-refractivity contribution in [2.24, 2.45) is 11.7 Å². The lowest BCUT2D eigenvalue weighted by atomic mass is 10.1. The van der Waals surface area contributed by atoms with Crippen molar-refractivity contribution in [3.63, 3.8) is 0 Å². The van der Waals surface area contributed by atoms with Crippen molar-refractivity contribution >= 4 is 0 Å². The molecule has 0 saturated carbocycles. The molecule has 7 heteroatoms. The third-order valence-electron chi connectivity index (χ3n) is 2.50. The molecule has 0 spiro atoms. The highest BCUT2D eigenvalue weighted by Crippen LogP contribution is 2.26. The molecule has 0 aliphatic rings. The fraction of sp³-hybridized carbons (Fsp3) is 0.600. The van der Waals surface area contributed by atoms with Crippen molar-refractivity contribution in [1.82, 2.24) is 9.55 Å². The van der Waals surface area contributed by atoms with Gasteiger partial charge in [0.2, 0.25) is 0 Å². The number of aryl methyl sites for hydroxylation is 2. The number of aromatic nitrogens is 2. The highest BCUT2D eigenvalue weighted by molar-refractivity contribution is 5.06. The van der Waals surface area contributed by atoms with Crippen LogP contribution >= 0.6 is 0 Å². The molecule has 1 aromatic heterocycles. The molecule has 0 bridgehead atoms. The standard InChI is InChI=1S/C10H14F3N3O/c1-6-3-7(2)16(9(17)15-6)5-8(4-14)10(11,12)13/h3,8H,4-5,14H2,1-2H3. The fourth-order valence-corrected chi connectivity index (χ4v) is 1.53. The number of nitrogens with two attached hydrogens (primary N) is 1. The maximum Gasteiger partial charge on any atom is 0.394 e. The first kappa shape index (κ1) is 13.7. The van der Waals surface area contributed by atoms with Gasteiger partial charge in [0.25, 0.3) is 0 Å². The molecule has 1 heterocycles. The molecule has 2 N–H and O–H groups in total. The monoisotopic (exact) mass is 249 g/mol. The fourth-order valence-electron chi connectivity index (χ4n) is 1.53. The van der Waals surface area contributed by atoms with E-state index in [9.17, 15) is 18.0 Å². The average Bonchev–Trinajstić information content (AvgIpc) is 2.14. The summed E-state index contributed by atoms with van der Waals surface area (Å²) in [5.41, 5.74) is 5.34. The predicted molar refractivity (Wildman–Crippen MR) is 56.6 cm³/mol. The molecule has 1 atom stereocenters. The minimum absolute atomic E-state index is 0.449. The van der Waals surface area contributed by atoms with Crippen LogP contribution in [0.3, 0.4) is 0 Å². The van der Waals surface area contributed by atoms with Crippen molar-refractivity contribution in [2.45, 2.75) is 26.6 Å². The van der Waals surface area contributed by atoms with Gasteiger partial charge >= 0.3 is 11.9 Å².